The number of nitrogens with zero attached hydrogens (tertiary/aromatic N) is 1. The van der Waals surface area contributed by atoms with Crippen LogP contribution in [-0.4, -0.2) is 23.8 Å². The molecule has 1 unspecified atom stereocenters. The lowest BCUT2D eigenvalue weighted by Gasteiger charge is -2.25. The Morgan fingerprint density at radius 1 is 1.04 bits per heavy atom. The third-order valence-electron chi connectivity index (χ3n) is 4.53. The van der Waals surface area contributed by atoms with E-state index < -0.39 is 5.97 Å². The number of benzene rings is 3. The van der Waals surface area contributed by atoms with Crippen LogP contribution in [0.1, 0.15) is 10.4 Å². The van der Waals surface area contributed by atoms with Gasteiger partial charge in [-0.05, 0) is 48.1 Å². The van der Waals surface area contributed by atoms with Gasteiger partial charge in [0.05, 0.1) is 21.3 Å². The molecule has 0 saturated carbocycles. The molecular weight excluding hydrogens is 432 g/mol. The van der Waals surface area contributed by atoms with Gasteiger partial charge in [0.1, 0.15) is 0 Å². The molecule has 1 atom stereocenters. The molecule has 0 fully saturated rings. The van der Waals surface area contributed by atoms with Crippen molar-refractivity contribution in [2.75, 3.05) is 17.6 Å². The summed E-state index contributed by atoms with van der Waals surface area (Å²) in [7, 11) is 0.752. The highest BCUT2D eigenvalue weighted by molar-refractivity contribution is 8.49. The number of carboxylic acid groups (broad SMARTS) is 1. The largest absolute Gasteiger partial charge is 0.478 e. The number of fused-ring (bicyclic) bond motifs is 1. The lowest BCUT2D eigenvalue weighted by Crippen LogP contribution is -2.19. The predicted molar refractivity (Wildman–Crippen MR) is 121 cm³/mol. The van der Waals surface area contributed by atoms with E-state index in [0.717, 1.165) is 47.9 Å². The number of hydrogen-bond donors (Lipinski definition) is 1. The van der Waals surface area contributed by atoms with Crippen molar-refractivity contribution in [3.8, 4) is 11.1 Å². The van der Waals surface area contributed by atoms with E-state index >= 15 is 0 Å². The molecule has 0 radical (unpaired) electrons. The Balaban J connectivity index is 1.82. The molecule has 28 heavy (non-hydrogen) atoms. The summed E-state index contributed by atoms with van der Waals surface area (Å²) in [6.07, 6.45) is 1.09. The molecule has 142 valence electrons. The molecule has 0 aromatic heterocycles. The molecular formula is C21H16Cl2NO2PS. The first-order valence-electron chi connectivity index (χ1n) is 8.63. The summed E-state index contributed by atoms with van der Waals surface area (Å²) in [6.45, 7) is 0.933. The van der Waals surface area contributed by atoms with Gasteiger partial charge in [0, 0.05) is 22.7 Å². The first-order chi connectivity index (χ1) is 13.5. The van der Waals surface area contributed by atoms with Crippen LogP contribution in [0.4, 0.5) is 11.4 Å². The molecule has 4 rings (SSSR count). The topological polar surface area (TPSA) is 40.5 Å². The normalized spacial score (nSPS) is 14.6. The molecule has 3 aromatic rings. The van der Waals surface area contributed by atoms with Crippen LogP contribution >= 0.6 is 42.4 Å². The van der Waals surface area contributed by atoms with Gasteiger partial charge in [0.2, 0.25) is 0 Å². The van der Waals surface area contributed by atoms with Crippen molar-refractivity contribution < 1.29 is 9.90 Å². The second-order valence-electron chi connectivity index (χ2n) is 6.28. The molecule has 1 aliphatic heterocycles. The molecule has 7 heteroatoms. The standard InChI is InChI=1S/C21H16Cl2NO2PS/c22-17-7-6-13(10-16(17)21(25)26)15-11-20-19(12-18(15)23)24(8-9-27-28-20)14-4-2-1-3-5-14/h1-7,10-12,27H,8-9H2,(H,25,26). The zero-order chi connectivity index (χ0) is 19.7. The fourth-order valence-corrected chi connectivity index (χ4v) is 6.22. The number of para-hydroxylation sites is 1. The third-order valence-corrected chi connectivity index (χ3v) is 8.00. The Morgan fingerprint density at radius 2 is 1.82 bits per heavy atom. The lowest BCUT2D eigenvalue weighted by atomic mass is 10.0. The van der Waals surface area contributed by atoms with Gasteiger partial charge < -0.3 is 10.0 Å². The van der Waals surface area contributed by atoms with Crippen LogP contribution in [0.5, 0.6) is 0 Å². The Kier molecular flexibility index (Phi) is 5.84. The smallest absolute Gasteiger partial charge is 0.337 e. The summed E-state index contributed by atoms with van der Waals surface area (Å²) >= 11 is 14.5. The van der Waals surface area contributed by atoms with E-state index in [9.17, 15) is 9.90 Å². The van der Waals surface area contributed by atoms with Crippen molar-refractivity contribution in [1.82, 2.24) is 0 Å². The highest BCUT2D eigenvalue weighted by atomic mass is 35.5. The maximum Gasteiger partial charge on any atom is 0.337 e. The molecule has 1 aliphatic rings. The highest BCUT2D eigenvalue weighted by Gasteiger charge is 2.21. The molecule has 1 N–H and O–H groups in total. The van der Waals surface area contributed by atoms with Gasteiger partial charge >= 0.3 is 5.97 Å². The van der Waals surface area contributed by atoms with Gasteiger partial charge in [-0.3, -0.25) is 0 Å². The van der Waals surface area contributed by atoms with Crippen molar-refractivity contribution in [2.24, 2.45) is 0 Å². The van der Waals surface area contributed by atoms with E-state index in [4.69, 9.17) is 23.2 Å². The number of aromatic carboxylic acids is 1. The average molecular weight is 448 g/mol. The summed E-state index contributed by atoms with van der Waals surface area (Å²) in [5.74, 6) is -1.05. The molecule has 0 aliphatic carbocycles. The van der Waals surface area contributed by atoms with Gasteiger partial charge in [-0.15, -0.1) is 0 Å². The fourth-order valence-electron chi connectivity index (χ4n) is 3.20. The number of carbonyl (C=O) groups is 1. The van der Waals surface area contributed by atoms with Gasteiger partial charge in [0.25, 0.3) is 0 Å². The predicted octanol–water partition coefficient (Wildman–Crippen LogP) is 7.20. The molecule has 0 saturated heterocycles. The van der Waals surface area contributed by atoms with Crippen molar-refractivity contribution in [3.05, 3.63) is 76.3 Å². The minimum absolute atomic E-state index is 0.0746. The van der Waals surface area contributed by atoms with Gasteiger partial charge in [-0.25, -0.2) is 4.79 Å². The average Bonchev–Trinajstić information content (AvgIpc) is 2.90. The number of carboxylic acids is 1. The quantitative estimate of drug-likeness (QED) is 0.431. The molecule has 3 nitrogen and oxygen atoms in total. The number of hydrogen-bond acceptors (Lipinski definition) is 3. The van der Waals surface area contributed by atoms with E-state index in [1.165, 1.54) is 0 Å². The number of rotatable bonds is 3. The molecule has 0 bridgehead atoms. The number of halogens is 2. The van der Waals surface area contributed by atoms with E-state index in [1.54, 1.807) is 18.2 Å². The first kappa shape index (κ1) is 19.6. The van der Waals surface area contributed by atoms with Crippen molar-refractivity contribution in [3.63, 3.8) is 0 Å². The van der Waals surface area contributed by atoms with Crippen LogP contribution in [0, 0.1) is 0 Å². The van der Waals surface area contributed by atoms with Gasteiger partial charge in [-0.1, -0.05) is 66.6 Å². The first-order valence-corrected chi connectivity index (χ1v) is 12.1. The Morgan fingerprint density at radius 3 is 2.57 bits per heavy atom. The van der Waals surface area contributed by atoms with E-state index in [0.29, 0.717) is 5.02 Å². The SMILES string of the molecule is O=C(O)c1cc(-c2cc3c(cc2Cl)N(c2ccccc2)CCPS3)ccc1Cl. The maximum atomic E-state index is 11.4. The summed E-state index contributed by atoms with van der Waals surface area (Å²) in [4.78, 5) is 14.9. The molecule has 0 spiro atoms. The monoisotopic (exact) mass is 447 g/mol. The van der Waals surface area contributed by atoms with Crippen molar-refractivity contribution >= 4 is 59.7 Å². The minimum atomic E-state index is -1.05. The maximum absolute atomic E-state index is 11.4. The van der Waals surface area contributed by atoms with Crippen LogP contribution in [0.3, 0.4) is 0 Å². The third kappa shape index (κ3) is 3.88. The van der Waals surface area contributed by atoms with Crippen LogP contribution in [0.15, 0.2) is 65.6 Å². The Hall–Kier alpha value is -1.71. The second-order valence-corrected chi connectivity index (χ2v) is 10.0. The van der Waals surface area contributed by atoms with Crippen LogP contribution in [0.25, 0.3) is 11.1 Å². The summed E-state index contributed by atoms with van der Waals surface area (Å²) in [5.41, 5.74) is 3.85. The Bertz CT molecular complexity index is 1050. The van der Waals surface area contributed by atoms with Gasteiger partial charge in [-0.2, -0.15) is 0 Å². The lowest BCUT2D eigenvalue weighted by molar-refractivity contribution is 0.0697. The van der Waals surface area contributed by atoms with E-state index in [1.807, 2.05) is 35.6 Å². The fraction of sp³-hybridized carbons (Fsp3) is 0.0952. The van der Waals surface area contributed by atoms with Gasteiger partial charge in [0.15, 0.2) is 0 Å². The Labute approximate surface area is 179 Å². The summed E-state index contributed by atoms with van der Waals surface area (Å²) in [5, 5.41) is 10.2. The van der Waals surface area contributed by atoms with Crippen molar-refractivity contribution in [1.29, 1.82) is 0 Å². The van der Waals surface area contributed by atoms with Crippen LogP contribution < -0.4 is 4.90 Å². The summed E-state index contributed by atoms with van der Waals surface area (Å²) in [6, 6.07) is 19.3. The molecule has 0 amide bonds. The second kappa shape index (κ2) is 8.34. The van der Waals surface area contributed by atoms with Crippen molar-refractivity contribution in [2.45, 2.75) is 4.90 Å². The molecule has 1 heterocycles. The zero-order valence-electron chi connectivity index (χ0n) is 14.7. The molecule has 3 aromatic carbocycles. The number of anilines is 2. The zero-order valence-corrected chi connectivity index (χ0v) is 18.0. The highest BCUT2D eigenvalue weighted by Crippen LogP contribution is 2.49. The van der Waals surface area contributed by atoms with Crippen LogP contribution in [-0.2, 0) is 0 Å². The van der Waals surface area contributed by atoms with Crippen LogP contribution in [0.2, 0.25) is 10.0 Å². The summed E-state index contributed by atoms with van der Waals surface area (Å²) < 4.78 is 0. The van der Waals surface area contributed by atoms with E-state index in [2.05, 4.69) is 23.1 Å². The van der Waals surface area contributed by atoms with E-state index in [-0.39, 0.29) is 10.6 Å². The minimum Gasteiger partial charge on any atom is -0.478 e.